The van der Waals surface area contributed by atoms with Crippen LogP contribution in [0.5, 0.6) is 0 Å². The maximum atomic E-state index is 11.0. The molecule has 2 aromatic rings. The van der Waals surface area contributed by atoms with Crippen LogP contribution in [0.15, 0.2) is 30.6 Å². The molecule has 0 unspecified atom stereocenters. The minimum absolute atomic E-state index is 0.0200. The van der Waals surface area contributed by atoms with E-state index in [-0.39, 0.29) is 12.5 Å². The fourth-order valence-corrected chi connectivity index (χ4v) is 1.57. The number of carbonyl (C=O) groups is 1. The molecule has 3 N–H and O–H groups in total. The normalized spacial score (nSPS) is 10.4. The Balaban J connectivity index is 1.82. The van der Waals surface area contributed by atoms with E-state index in [0.717, 1.165) is 12.1 Å². The number of rotatable bonds is 6. The molecule has 0 atom stereocenters. The number of aromatic nitrogens is 4. The second-order valence-electron chi connectivity index (χ2n) is 4.02. The summed E-state index contributed by atoms with van der Waals surface area (Å²) >= 11 is 0. The van der Waals surface area contributed by atoms with Crippen molar-refractivity contribution < 1.29 is 4.79 Å². The Hall–Kier alpha value is -2.28. The third kappa shape index (κ3) is 4.14. The molecule has 2 rings (SSSR count). The largest absolute Gasteiger partial charge is 0.349 e. The molecule has 7 heteroatoms. The highest BCUT2D eigenvalue weighted by molar-refractivity contribution is 5.77. The van der Waals surface area contributed by atoms with Crippen molar-refractivity contribution in [2.45, 2.75) is 19.5 Å². The van der Waals surface area contributed by atoms with Crippen LogP contribution in [0.4, 0.5) is 0 Å². The molecule has 2 aromatic heterocycles. The van der Waals surface area contributed by atoms with Gasteiger partial charge in [0.15, 0.2) is 0 Å². The molecule has 0 bridgehead atoms. The second-order valence-corrected chi connectivity index (χ2v) is 4.02. The molecule has 0 aliphatic heterocycles. The topological polar surface area (TPSA) is 98.7 Å². The van der Waals surface area contributed by atoms with Gasteiger partial charge in [0.25, 0.3) is 0 Å². The Morgan fingerprint density at radius 1 is 1.37 bits per heavy atom. The molecular weight excluding hydrogens is 244 g/mol. The molecule has 0 saturated heterocycles. The predicted octanol–water partition coefficient (Wildman–Crippen LogP) is -0.509. The first-order chi connectivity index (χ1) is 9.28. The Labute approximate surface area is 110 Å². The number of nitrogens with one attached hydrogen (secondary N) is 1. The number of carbonyl (C=O) groups excluding carboxylic acids is 1. The zero-order valence-electron chi connectivity index (χ0n) is 10.5. The molecule has 0 saturated carbocycles. The van der Waals surface area contributed by atoms with Crippen molar-refractivity contribution in [1.29, 1.82) is 0 Å². The summed E-state index contributed by atoms with van der Waals surface area (Å²) in [4.78, 5) is 15.2. The van der Waals surface area contributed by atoms with Gasteiger partial charge in [-0.25, -0.2) is 0 Å². The van der Waals surface area contributed by atoms with Crippen LogP contribution in [0.1, 0.15) is 11.4 Å². The molecule has 100 valence electrons. The van der Waals surface area contributed by atoms with E-state index in [1.54, 1.807) is 17.1 Å². The highest BCUT2D eigenvalue weighted by Crippen LogP contribution is 1.98. The van der Waals surface area contributed by atoms with Crippen LogP contribution < -0.4 is 11.1 Å². The Morgan fingerprint density at radius 2 is 2.26 bits per heavy atom. The summed E-state index contributed by atoms with van der Waals surface area (Å²) < 4.78 is 1.73. The monoisotopic (exact) mass is 260 g/mol. The molecule has 0 aliphatic rings. The van der Waals surface area contributed by atoms with Gasteiger partial charge in [0.05, 0.1) is 19.3 Å². The highest BCUT2D eigenvalue weighted by Gasteiger charge is 2.03. The smallest absolute Gasteiger partial charge is 0.234 e. The fraction of sp³-hybridized carbons (Fsp3) is 0.333. The predicted molar refractivity (Wildman–Crippen MR) is 68.9 cm³/mol. The average molecular weight is 260 g/mol. The lowest BCUT2D eigenvalue weighted by Crippen LogP contribution is -2.29. The van der Waals surface area contributed by atoms with Gasteiger partial charge < -0.3 is 11.1 Å². The van der Waals surface area contributed by atoms with Crippen LogP contribution in [-0.2, 0) is 24.3 Å². The quantitative estimate of drug-likeness (QED) is 0.729. The number of hydrogen-bond acceptors (Lipinski definition) is 5. The third-order valence-electron chi connectivity index (χ3n) is 2.56. The minimum atomic E-state index is -0.206. The van der Waals surface area contributed by atoms with Crippen LogP contribution in [-0.4, -0.2) is 32.4 Å². The molecule has 0 aromatic carbocycles. The van der Waals surface area contributed by atoms with Gasteiger partial charge in [0, 0.05) is 24.9 Å². The molecule has 0 fully saturated rings. The van der Waals surface area contributed by atoms with E-state index in [0.29, 0.717) is 18.8 Å². The van der Waals surface area contributed by atoms with E-state index in [1.807, 2.05) is 18.2 Å². The van der Waals surface area contributed by atoms with Crippen LogP contribution in [0, 0.1) is 0 Å². The number of nitrogens with zero attached hydrogens (tertiary/aromatic N) is 4. The molecule has 0 aliphatic carbocycles. The van der Waals surface area contributed by atoms with Crippen LogP contribution in [0.25, 0.3) is 0 Å². The van der Waals surface area contributed by atoms with Crippen molar-refractivity contribution in [3.63, 3.8) is 0 Å². The van der Waals surface area contributed by atoms with Gasteiger partial charge in [-0.15, -0.1) is 5.10 Å². The first-order valence-corrected chi connectivity index (χ1v) is 6.03. The second kappa shape index (κ2) is 6.60. The van der Waals surface area contributed by atoms with E-state index < -0.39 is 0 Å². The average Bonchev–Trinajstić information content (AvgIpc) is 2.91. The minimum Gasteiger partial charge on any atom is -0.349 e. The molecular formula is C12H16N6O. The Kier molecular flexibility index (Phi) is 4.57. The SMILES string of the molecule is NCC(=O)NCc1cn(CCc2ccccn2)nn1. The summed E-state index contributed by atoms with van der Waals surface area (Å²) in [6.07, 6.45) is 4.36. The first kappa shape index (κ1) is 13.2. The first-order valence-electron chi connectivity index (χ1n) is 6.03. The zero-order chi connectivity index (χ0) is 13.5. The fourth-order valence-electron chi connectivity index (χ4n) is 1.57. The van der Waals surface area contributed by atoms with E-state index in [1.165, 1.54) is 0 Å². The van der Waals surface area contributed by atoms with Gasteiger partial charge in [-0.05, 0) is 12.1 Å². The number of amides is 1. The Bertz CT molecular complexity index is 524. The van der Waals surface area contributed by atoms with Gasteiger partial charge in [-0.3, -0.25) is 14.5 Å². The summed E-state index contributed by atoms with van der Waals surface area (Å²) in [5, 5.41) is 10.6. The van der Waals surface area contributed by atoms with Crippen molar-refractivity contribution in [1.82, 2.24) is 25.3 Å². The number of hydrogen-bond donors (Lipinski definition) is 2. The number of nitrogens with two attached hydrogens (primary N) is 1. The highest BCUT2D eigenvalue weighted by atomic mass is 16.1. The van der Waals surface area contributed by atoms with Gasteiger partial charge in [0.2, 0.25) is 5.91 Å². The molecule has 0 radical (unpaired) electrons. The van der Waals surface area contributed by atoms with E-state index in [9.17, 15) is 4.79 Å². The maximum absolute atomic E-state index is 11.0. The van der Waals surface area contributed by atoms with Gasteiger partial charge in [-0.2, -0.15) is 0 Å². The lowest BCUT2D eigenvalue weighted by Gasteiger charge is -2.00. The van der Waals surface area contributed by atoms with Crippen molar-refractivity contribution in [2.75, 3.05) is 6.54 Å². The Morgan fingerprint density at radius 3 is 3.00 bits per heavy atom. The summed E-state index contributed by atoms with van der Waals surface area (Å²) in [5.74, 6) is -0.206. The van der Waals surface area contributed by atoms with Crippen LogP contribution >= 0.6 is 0 Å². The van der Waals surface area contributed by atoms with Gasteiger partial charge in [0.1, 0.15) is 5.69 Å². The zero-order valence-corrected chi connectivity index (χ0v) is 10.5. The van der Waals surface area contributed by atoms with Crippen LogP contribution in [0.3, 0.4) is 0 Å². The van der Waals surface area contributed by atoms with Gasteiger partial charge >= 0.3 is 0 Å². The number of aryl methyl sites for hydroxylation is 2. The summed E-state index contributed by atoms with van der Waals surface area (Å²) in [7, 11) is 0. The van der Waals surface area contributed by atoms with Crippen molar-refractivity contribution >= 4 is 5.91 Å². The van der Waals surface area contributed by atoms with E-state index in [2.05, 4.69) is 20.6 Å². The lowest BCUT2D eigenvalue weighted by atomic mass is 10.3. The van der Waals surface area contributed by atoms with Crippen LogP contribution in [0.2, 0.25) is 0 Å². The van der Waals surface area contributed by atoms with E-state index in [4.69, 9.17) is 5.73 Å². The van der Waals surface area contributed by atoms with Gasteiger partial charge in [-0.1, -0.05) is 11.3 Å². The lowest BCUT2D eigenvalue weighted by molar-refractivity contribution is -0.119. The molecule has 19 heavy (non-hydrogen) atoms. The standard InChI is InChI=1S/C12H16N6O/c13-7-12(19)15-8-11-9-18(17-16-11)6-4-10-3-1-2-5-14-10/h1-3,5,9H,4,6-8,13H2,(H,15,19). The summed E-state index contributed by atoms with van der Waals surface area (Å²) in [5.41, 5.74) is 6.91. The molecule has 7 nitrogen and oxygen atoms in total. The molecule has 2 heterocycles. The van der Waals surface area contributed by atoms with Crippen molar-refractivity contribution in [2.24, 2.45) is 5.73 Å². The summed E-state index contributed by atoms with van der Waals surface area (Å²) in [6, 6.07) is 5.81. The molecule has 1 amide bonds. The summed E-state index contributed by atoms with van der Waals surface area (Å²) in [6.45, 7) is 1.03. The molecule has 0 spiro atoms. The van der Waals surface area contributed by atoms with Crippen molar-refractivity contribution in [3.05, 3.63) is 42.0 Å². The number of pyridine rings is 1. The third-order valence-corrected chi connectivity index (χ3v) is 2.56. The van der Waals surface area contributed by atoms with E-state index >= 15 is 0 Å². The maximum Gasteiger partial charge on any atom is 0.234 e. The van der Waals surface area contributed by atoms with Crippen molar-refractivity contribution in [3.8, 4) is 0 Å².